The molecule has 0 spiro atoms. The summed E-state index contributed by atoms with van der Waals surface area (Å²) < 4.78 is 5.51. The third-order valence-electron chi connectivity index (χ3n) is 5.45. The Morgan fingerprint density at radius 2 is 1.21 bits per heavy atom. The first-order chi connectivity index (χ1) is 15.8. The van der Waals surface area contributed by atoms with Gasteiger partial charge in [0.15, 0.2) is 0 Å². The molecule has 3 aromatic carbocycles. The highest BCUT2D eigenvalue weighted by atomic mass is 16.6. The molecule has 0 heterocycles. The standard InChI is InChI=1S/C29H35NO3/c1-29(2,3)33-28(32)20-27(31)26(19-23-13-7-4-8-14-23)30(21-24-15-9-5-10-16-24)22-25-17-11-6-12-18-25/h4-18,26-27,31H,19-22H2,1-3H3/t26-,27-/m0/s1. The molecule has 0 aliphatic heterocycles. The average molecular weight is 446 g/mol. The second kappa shape index (κ2) is 11.8. The monoisotopic (exact) mass is 445 g/mol. The first-order valence-electron chi connectivity index (χ1n) is 11.6. The summed E-state index contributed by atoms with van der Waals surface area (Å²) in [5.74, 6) is -0.382. The zero-order chi connectivity index (χ0) is 23.7. The lowest BCUT2D eigenvalue weighted by molar-refractivity contribution is -0.158. The molecule has 3 rings (SSSR count). The Balaban J connectivity index is 1.89. The van der Waals surface area contributed by atoms with Crippen LogP contribution in [0.25, 0.3) is 0 Å². The van der Waals surface area contributed by atoms with Crippen molar-refractivity contribution in [1.82, 2.24) is 4.90 Å². The van der Waals surface area contributed by atoms with Gasteiger partial charge in [-0.1, -0.05) is 91.0 Å². The van der Waals surface area contributed by atoms with Crippen LogP contribution < -0.4 is 0 Å². The fraction of sp³-hybridized carbons (Fsp3) is 0.345. The van der Waals surface area contributed by atoms with Gasteiger partial charge in [0.25, 0.3) is 0 Å². The summed E-state index contributed by atoms with van der Waals surface area (Å²) in [5.41, 5.74) is 2.86. The summed E-state index contributed by atoms with van der Waals surface area (Å²) in [6, 6.07) is 30.4. The Labute approximate surface area is 197 Å². The molecule has 0 aromatic heterocycles. The highest BCUT2D eigenvalue weighted by Gasteiger charge is 2.30. The van der Waals surface area contributed by atoms with Gasteiger partial charge in [0.1, 0.15) is 5.60 Å². The van der Waals surface area contributed by atoms with Crippen LogP contribution in [-0.4, -0.2) is 33.7 Å². The van der Waals surface area contributed by atoms with E-state index >= 15 is 0 Å². The molecule has 0 aliphatic rings. The minimum absolute atomic E-state index is 0.0468. The molecule has 0 radical (unpaired) electrons. The normalized spacial score (nSPS) is 13.5. The zero-order valence-corrected chi connectivity index (χ0v) is 19.9. The number of rotatable bonds is 10. The van der Waals surface area contributed by atoms with E-state index in [9.17, 15) is 9.90 Å². The molecule has 0 amide bonds. The number of hydrogen-bond acceptors (Lipinski definition) is 4. The summed E-state index contributed by atoms with van der Waals surface area (Å²) in [6.45, 7) is 6.86. The summed E-state index contributed by atoms with van der Waals surface area (Å²) >= 11 is 0. The maximum Gasteiger partial charge on any atom is 0.308 e. The molecule has 0 aliphatic carbocycles. The zero-order valence-electron chi connectivity index (χ0n) is 19.9. The summed E-state index contributed by atoms with van der Waals surface area (Å²) in [7, 11) is 0. The molecule has 33 heavy (non-hydrogen) atoms. The molecular weight excluding hydrogens is 410 g/mol. The molecule has 0 bridgehead atoms. The SMILES string of the molecule is CC(C)(C)OC(=O)C[C@H](O)[C@H](Cc1ccccc1)N(Cc1ccccc1)Cc1ccccc1. The third-order valence-corrected chi connectivity index (χ3v) is 5.45. The number of carbonyl (C=O) groups is 1. The number of ether oxygens (including phenoxy) is 1. The number of aliphatic hydroxyl groups excluding tert-OH is 1. The van der Waals surface area contributed by atoms with Gasteiger partial charge < -0.3 is 9.84 Å². The lowest BCUT2D eigenvalue weighted by atomic mass is 9.96. The maximum absolute atomic E-state index is 12.6. The highest BCUT2D eigenvalue weighted by Crippen LogP contribution is 2.22. The van der Waals surface area contributed by atoms with E-state index in [1.54, 1.807) is 0 Å². The van der Waals surface area contributed by atoms with Crippen LogP contribution in [0.3, 0.4) is 0 Å². The lowest BCUT2D eigenvalue weighted by Crippen LogP contribution is -2.45. The summed E-state index contributed by atoms with van der Waals surface area (Å²) in [4.78, 5) is 14.8. The Morgan fingerprint density at radius 1 is 0.788 bits per heavy atom. The van der Waals surface area contributed by atoms with Crippen LogP contribution in [0.2, 0.25) is 0 Å². The summed E-state index contributed by atoms with van der Waals surface area (Å²) in [5, 5.41) is 11.3. The van der Waals surface area contributed by atoms with Crippen LogP contribution in [0.1, 0.15) is 43.9 Å². The van der Waals surface area contributed by atoms with Crippen molar-refractivity contribution >= 4 is 5.97 Å². The predicted octanol–water partition coefficient (Wildman–Crippen LogP) is 5.39. The van der Waals surface area contributed by atoms with E-state index in [1.807, 2.05) is 75.4 Å². The van der Waals surface area contributed by atoms with Crippen molar-refractivity contribution in [3.8, 4) is 0 Å². The fourth-order valence-electron chi connectivity index (χ4n) is 3.98. The van der Waals surface area contributed by atoms with E-state index in [1.165, 1.54) is 0 Å². The minimum atomic E-state index is -0.868. The van der Waals surface area contributed by atoms with Crippen molar-refractivity contribution in [2.75, 3.05) is 0 Å². The lowest BCUT2D eigenvalue weighted by Gasteiger charge is -2.35. The Hall–Kier alpha value is -2.95. The number of esters is 1. The quantitative estimate of drug-likeness (QED) is 0.425. The van der Waals surface area contributed by atoms with Crippen molar-refractivity contribution < 1.29 is 14.6 Å². The van der Waals surface area contributed by atoms with Gasteiger partial charge in [-0.3, -0.25) is 9.69 Å². The van der Waals surface area contributed by atoms with Crippen molar-refractivity contribution in [2.45, 2.75) is 64.4 Å². The third kappa shape index (κ3) is 8.49. The van der Waals surface area contributed by atoms with E-state index in [4.69, 9.17) is 4.74 Å². The predicted molar refractivity (Wildman–Crippen MR) is 133 cm³/mol. The maximum atomic E-state index is 12.6. The van der Waals surface area contributed by atoms with Crippen LogP contribution >= 0.6 is 0 Å². The minimum Gasteiger partial charge on any atom is -0.460 e. The van der Waals surface area contributed by atoms with Crippen LogP contribution in [0.5, 0.6) is 0 Å². The van der Waals surface area contributed by atoms with E-state index in [2.05, 4.69) is 41.3 Å². The Morgan fingerprint density at radius 3 is 1.64 bits per heavy atom. The first kappa shape index (κ1) is 24.7. The van der Waals surface area contributed by atoms with Gasteiger partial charge in [0.2, 0.25) is 0 Å². The molecule has 0 saturated carbocycles. The summed E-state index contributed by atoms with van der Waals surface area (Å²) in [6.07, 6.45) is -0.285. The fourth-order valence-corrected chi connectivity index (χ4v) is 3.98. The molecule has 1 N–H and O–H groups in total. The Bertz CT molecular complexity index is 927. The van der Waals surface area contributed by atoms with Crippen molar-refractivity contribution in [2.24, 2.45) is 0 Å². The van der Waals surface area contributed by atoms with Gasteiger partial charge in [0.05, 0.1) is 12.5 Å². The highest BCUT2D eigenvalue weighted by molar-refractivity contribution is 5.70. The van der Waals surface area contributed by atoms with Gasteiger partial charge >= 0.3 is 5.97 Å². The number of nitrogens with zero attached hydrogens (tertiary/aromatic N) is 1. The molecule has 0 saturated heterocycles. The number of hydrogen-bond donors (Lipinski definition) is 1. The molecule has 0 fully saturated rings. The molecule has 0 unspecified atom stereocenters. The topological polar surface area (TPSA) is 49.8 Å². The second-order valence-corrected chi connectivity index (χ2v) is 9.49. The molecule has 4 heteroatoms. The molecule has 174 valence electrons. The van der Waals surface area contributed by atoms with Crippen LogP contribution in [0.15, 0.2) is 91.0 Å². The van der Waals surface area contributed by atoms with Gasteiger partial charge in [-0.05, 0) is 43.9 Å². The second-order valence-electron chi connectivity index (χ2n) is 9.49. The molecular formula is C29H35NO3. The molecule has 4 nitrogen and oxygen atoms in total. The number of benzene rings is 3. The van der Waals surface area contributed by atoms with E-state index in [0.717, 1.165) is 16.7 Å². The largest absolute Gasteiger partial charge is 0.460 e. The van der Waals surface area contributed by atoms with Crippen molar-refractivity contribution in [3.05, 3.63) is 108 Å². The number of aliphatic hydroxyl groups is 1. The van der Waals surface area contributed by atoms with Gasteiger partial charge in [0, 0.05) is 19.1 Å². The van der Waals surface area contributed by atoms with E-state index in [0.29, 0.717) is 19.5 Å². The van der Waals surface area contributed by atoms with Gasteiger partial charge in [-0.15, -0.1) is 0 Å². The van der Waals surface area contributed by atoms with E-state index < -0.39 is 11.7 Å². The van der Waals surface area contributed by atoms with Crippen molar-refractivity contribution in [1.29, 1.82) is 0 Å². The van der Waals surface area contributed by atoms with Crippen LogP contribution in [0.4, 0.5) is 0 Å². The average Bonchev–Trinajstić information content (AvgIpc) is 2.78. The Kier molecular flexibility index (Phi) is 8.81. The molecule has 2 atom stereocenters. The number of carbonyl (C=O) groups excluding carboxylic acids is 1. The van der Waals surface area contributed by atoms with Crippen LogP contribution in [-0.2, 0) is 29.0 Å². The van der Waals surface area contributed by atoms with Crippen molar-refractivity contribution in [3.63, 3.8) is 0 Å². The smallest absolute Gasteiger partial charge is 0.308 e. The molecule has 3 aromatic rings. The van der Waals surface area contributed by atoms with Gasteiger partial charge in [-0.2, -0.15) is 0 Å². The first-order valence-corrected chi connectivity index (χ1v) is 11.6. The van der Waals surface area contributed by atoms with Gasteiger partial charge in [-0.25, -0.2) is 0 Å². The van der Waals surface area contributed by atoms with E-state index in [-0.39, 0.29) is 18.4 Å². The van der Waals surface area contributed by atoms with Crippen LogP contribution in [0, 0.1) is 0 Å².